The van der Waals surface area contributed by atoms with Crippen LogP contribution < -0.4 is 5.32 Å². The van der Waals surface area contributed by atoms with Gasteiger partial charge in [0.15, 0.2) is 5.69 Å². The molecule has 1 N–H and O–H groups in total. The van der Waals surface area contributed by atoms with Crippen molar-refractivity contribution in [1.82, 2.24) is 20.1 Å². The molecule has 0 aliphatic heterocycles. The van der Waals surface area contributed by atoms with Crippen molar-refractivity contribution in [3.8, 4) is 11.8 Å². The average Bonchev–Trinajstić information content (AvgIpc) is 3.47. The summed E-state index contributed by atoms with van der Waals surface area (Å²) in [5, 5.41) is 10.3. The summed E-state index contributed by atoms with van der Waals surface area (Å²) in [5.74, 6) is 5.92. The lowest BCUT2D eigenvalue weighted by atomic mass is 10.1. The largest absolute Gasteiger partial charge is 0.435 e. The van der Waals surface area contributed by atoms with E-state index in [0.717, 1.165) is 17.5 Å². The molecule has 3 rings (SSSR count). The Morgan fingerprint density at radius 2 is 2.15 bits per heavy atom. The van der Waals surface area contributed by atoms with Crippen LogP contribution in [0.2, 0.25) is 5.02 Å². The van der Waals surface area contributed by atoms with E-state index in [2.05, 4.69) is 32.4 Å². The highest BCUT2D eigenvalue weighted by Gasteiger charge is 2.37. The van der Waals surface area contributed by atoms with Gasteiger partial charge in [0, 0.05) is 36.5 Å². The predicted molar refractivity (Wildman–Crippen MR) is 117 cm³/mol. The van der Waals surface area contributed by atoms with Crippen LogP contribution in [0, 0.1) is 17.8 Å². The first kappa shape index (κ1) is 24.6. The third-order valence-electron chi connectivity index (χ3n) is 4.46. The maximum atomic E-state index is 13.1. The summed E-state index contributed by atoms with van der Waals surface area (Å²) in [4.78, 5) is 22.0. The summed E-state index contributed by atoms with van der Waals surface area (Å²) >= 11 is 6.37. The van der Waals surface area contributed by atoms with E-state index in [1.807, 2.05) is 0 Å². The van der Waals surface area contributed by atoms with Gasteiger partial charge in [0.05, 0.1) is 18.0 Å². The number of rotatable bonds is 7. The van der Waals surface area contributed by atoms with Crippen LogP contribution in [0.5, 0.6) is 0 Å². The minimum Gasteiger partial charge on any atom is -0.393 e. The highest BCUT2D eigenvalue weighted by molar-refractivity contribution is 6.34. The molecular formula is C22H23ClF3N5O2. The van der Waals surface area contributed by atoms with E-state index in [-0.39, 0.29) is 34.6 Å². The molecule has 1 aliphatic carbocycles. The van der Waals surface area contributed by atoms with Crippen molar-refractivity contribution < 1.29 is 22.8 Å². The number of nitrogens with zero attached hydrogens (tertiary/aromatic N) is 4. The Hall–Kier alpha value is -3.06. The van der Waals surface area contributed by atoms with Gasteiger partial charge in [-0.25, -0.2) is 0 Å². The van der Waals surface area contributed by atoms with Crippen LogP contribution in [0.3, 0.4) is 0 Å². The number of nitrogens with one attached hydrogen (secondary N) is 1. The number of hydrogen-bond acceptors (Lipinski definition) is 5. The van der Waals surface area contributed by atoms with Crippen LogP contribution >= 0.6 is 11.6 Å². The fourth-order valence-electron chi connectivity index (χ4n) is 2.78. The van der Waals surface area contributed by atoms with E-state index < -0.39 is 24.2 Å². The number of carbonyl (C=O) groups is 1. The maximum Gasteiger partial charge on any atom is 0.435 e. The summed E-state index contributed by atoms with van der Waals surface area (Å²) in [6.07, 6.45) is -0.498. The predicted octanol–water partition coefficient (Wildman–Crippen LogP) is 3.74. The summed E-state index contributed by atoms with van der Waals surface area (Å²) in [5.41, 5.74) is -0.156. The molecule has 7 nitrogen and oxygen atoms in total. The van der Waals surface area contributed by atoms with E-state index in [9.17, 15) is 18.0 Å². The summed E-state index contributed by atoms with van der Waals surface area (Å²) in [6.45, 7) is 3.39. The van der Waals surface area contributed by atoms with Gasteiger partial charge in [-0.1, -0.05) is 28.6 Å². The first-order valence-electron chi connectivity index (χ1n) is 10.3. The van der Waals surface area contributed by atoms with Crippen LogP contribution in [-0.2, 0) is 29.3 Å². The quantitative estimate of drug-likeness (QED) is 0.371. The number of oxime groups is 1. The lowest BCUT2D eigenvalue weighted by molar-refractivity contribution is -0.142. The molecule has 0 saturated heterocycles. The SMILES string of the molecule is CC(C)O/N=C(\CNC(=O)Cc1cn(C)nc1C(F)(F)F)c1ncc(C#CC2CC2)cc1Cl. The highest BCUT2D eigenvalue weighted by Crippen LogP contribution is 2.30. The molecule has 0 atom stereocenters. The van der Waals surface area contributed by atoms with Gasteiger partial charge in [0.1, 0.15) is 17.5 Å². The van der Waals surface area contributed by atoms with E-state index in [4.69, 9.17) is 16.4 Å². The zero-order valence-corrected chi connectivity index (χ0v) is 19.1. The molecule has 11 heteroatoms. The van der Waals surface area contributed by atoms with Gasteiger partial charge < -0.3 is 10.2 Å². The van der Waals surface area contributed by atoms with Crippen molar-refractivity contribution in [2.24, 2.45) is 18.1 Å². The highest BCUT2D eigenvalue weighted by atomic mass is 35.5. The van der Waals surface area contributed by atoms with Crippen molar-refractivity contribution in [3.05, 3.63) is 46.0 Å². The van der Waals surface area contributed by atoms with Gasteiger partial charge in [-0.2, -0.15) is 18.3 Å². The minimum atomic E-state index is -4.66. The third-order valence-corrected chi connectivity index (χ3v) is 4.75. The van der Waals surface area contributed by atoms with Crippen molar-refractivity contribution in [1.29, 1.82) is 0 Å². The maximum absolute atomic E-state index is 13.1. The van der Waals surface area contributed by atoms with E-state index in [0.29, 0.717) is 11.5 Å². The van der Waals surface area contributed by atoms with Gasteiger partial charge in [-0.15, -0.1) is 0 Å². The number of hydrogen-bond donors (Lipinski definition) is 1. The normalized spacial score (nSPS) is 14.1. The van der Waals surface area contributed by atoms with Crippen LogP contribution in [0.25, 0.3) is 0 Å². The van der Waals surface area contributed by atoms with Crippen molar-refractivity contribution in [2.45, 2.75) is 45.4 Å². The van der Waals surface area contributed by atoms with Gasteiger partial charge >= 0.3 is 6.18 Å². The van der Waals surface area contributed by atoms with Crippen LogP contribution in [0.1, 0.15) is 49.2 Å². The number of pyridine rings is 1. The third kappa shape index (κ3) is 7.22. The number of amides is 1. The second-order valence-electron chi connectivity index (χ2n) is 7.92. The molecule has 2 aromatic rings. The van der Waals surface area contributed by atoms with Gasteiger partial charge in [0.2, 0.25) is 5.91 Å². The lowest BCUT2D eigenvalue weighted by Crippen LogP contribution is -2.32. The Balaban J connectivity index is 1.73. The summed E-state index contributed by atoms with van der Waals surface area (Å²) in [6, 6.07) is 1.65. The molecule has 1 aliphatic rings. The molecule has 33 heavy (non-hydrogen) atoms. The smallest absolute Gasteiger partial charge is 0.393 e. The fraction of sp³-hybridized carbons (Fsp3) is 0.455. The van der Waals surface area contributed by atoms with Gasteiger partial charge in [0.25, 0.3) is 0 Å². The first-order chi connectivity index (χ1) is 15.5. The standard InChI is InChI=1S/C22H23ClF3N5O2/c1-13(2)33-30-18(20-17(23)8-15(10-28-20)7-6-14-4-5-14)11-27-19(32)9-16-12-31(3)29-21(16)22(24,25)26/h8,10,12-14H,4-5,9,11H2,1-3H3,(H,27,32)/b30-18+. The van der Waals surface area contributed by atoms with E-state index in [1.165, 1.54) is 13.2 Å². The Kier molecular flexibility index (Phi) is 7.64. The lowest BCUT2D eigenvalue weighted by Gasteiger charge is -2.11. The topological polar surface area (TPSA) is 81.4 Å². The number of alkyl halides is 3. The van der Waals surface area contributed by atoms with Crippen LogP contribution in [-0.4, -0.2) is 39.0 Å². The van der Waals surface area contributed by atoms with Crippen LogP contribution in [0.4, 0.5) is 13.2 Å². The van der Waals surface area contributed by atoms with E-state index >= 15 is 0 Å². The summed E-state index contributed by atoms with van der Waals surface area (Å²) in [7, 11) is 1.36. The van der Waals surface area contributed by atoms with Crippen molar-refractivity contribution in [2.75, 3.05) is 6.54 Å². The van der Waals surface area contributed by atoms with E-state index in [1.54, 1.807) is 26.1 Å². The first-order valence-corrected chi connectivity index (χ1v) is 10.7. The Morgan fingerprint density at radius 1 is 1.42 bits per heavy atom. The molecule has 0 aromatic carbocycles. The molecule has 0 radical (unpaired) electrons. The van der Waals surface area contributed by atoms with Crippen LogP contribution in [0.15, 0.2) is 23.6 Å². The molecule has 1 amide bonds. The molecule has 0 spiro atoms. The molecule has 176 valence electrons. The zero-order chi connectivity index (χ0) is 24.2. The number of aryl methyl sites for hydroxylation is 1. The van der Waals surface area contributed by atoms with Gasteiger partial charge in [-0.05, 0) is 32.8 Å². The molecule has 1 fully saturated rings. The van der Waals surface area contributed by atoms with Crippen molar-refractivity contribution >= 4 is 23.2 Å². The monoisotopic (exact) mass is 481 g/mol. The molecule has 0 unspecified atom stereocenters. The van der Waals surface area contributed by atoms with Crippen molar-refractivity contribution in [3.63, 3.8) is 0 Å². The van der Waals surface area contributed by atoms with Gasteiger partial charge in [-0.3, -0.25) is 14.5 Å². The summed E-state index contributed by atoms with van der Waals surface area (Å²) < 4.78 is 40.4. The Bertz CT molecular complexity index is 1110. The Labute approximate surface area is 194 Å². The Morgan fingerprint density at radius 3 is 2.76 bits per heavy atom. The minimum absolute atomic E-state index is 0.146. The molecular weight excluding hydrogens is 459 g/mol. The molecule has 2 heterocycles. The fourth-order valence-corrected chi connectivity index (χ4v) is 3.06. The number of aromatic nitrogens is 3. The molecule has 2 aromatic heterocycles. The average molecular weight is 482 g/mol. The molecule has 1 saturated carbocycles. The molecule has 0 bridgehead atoms. The zero-order valence-electron chi connectivity index (χ0n) is 18.3. The second-order valence-corrected chi connectivity index (χ2v) is 8.33. The number of halogens is 4. The second kappa shape index (κ2) is 10.3. The number of carbonyl (C=O) groups excluding carboxylic acids is 1.